The van der Waals surface area contributed by atoms with Gasteiger partial charge in [0.05, 0.1) is 6.61 Å². The molecule has 0 saturated carbocycles. The van der Waals surface area contributed by atoms with Crippen molar-refractivity contribution in [2.75, 3.05) is 17.7 Å². The maximum atomic E-state index is 12.0. The predicted octanol–water partition coefficient (Wildman–Crippen LogP) is 2.93. The second-order valence-electron chi connectivity index (χ2n) is 3.90. The molecule has 4 heteroatoms. The molecule has 0 fully saturated rings. The highest BCUT2D eigenvalue weighted by Crippen LogP contribution is 2.26. The average Bonchev–Trinajstić information content (AvgIpc) is 2.32. The lowest BCUT2D eigenvalue weighted by Gasteiger charge is -2.17. The average molecular weight is 249 g/mol. The van der Waals surface area contributed by atoms with Crippen LogP contribution in [0.3, 0.4) is 0 Å². The summed E-state index contributed by atoms with van der Waals surface area (Å²) in [7, 11) is 0. The van der Waals surface area contributed by atoms with E-state index in [0.717, 1.165) is 11.4 Å². The van der Waals surface area contributed by atoms with Crippen LogP contribution in [0.1, 0.15) is 12.5 Å². The smallest absolute Gasteiger partial charge is 0.265 e. The number of anilines is 1. The third kappa shape index (κ3) is 3.03. The molecule has 90 valence electrons. The Morgan fingerprint density at radius 2 is 2.00 bits per heavy atom. The van der Waals surface area contributed by atoms with Crippen LogP contribution >= 0.6 is 11.8 Å². The van der Waals surface area contributed by atoms with E-state index in [-0.39, 0.29) is 5.91 Å². The molecule has 1 aromatic rings. The van der Waals surface area contributed by atoms with E-state index in [0.29, 0.717) is 17.3 Å². The van der Waals surface area contributed by atoms with E-state index in [1.807, 2.05) is 38.1 Å². The van der Waals surface area contributed by atoms with Crippen LogP contribution in [-0.4, -0.2) is 18.3 Å². The number of ether oxygens (including phenoxy) is 1. The lowest BCUT2D eigenvalue weighted by atomic mass is 10.2. The molecule has 1 N–H and O–H groups in total. The van der Waals surface area contributed by atoms with Crippen molar-refractivity contribution in [3.05, 3.63) is 40.5 Å². The molecule has 0 aliphatic carbocycles. The van der Waals surface area contributed by atoms with Crippen LogP contribution < -0.4 is 5.32 Å². The van der Waals surface area contributed by atoms with Crippen molar-refractivity contribution in [2.24, 2.45) is 0 Å². The lowest BCUT2D eigenvalue weighted by Crippen LogP contribution is -2.18. The predicted molar refractivity (Wildman–Crippen MR) is 70.9 cm³/mol. The Balaban J connectivity index is 2.09. The van der Waals surface area contributed by atoms with Gasteiger partial charge in [-0.25, -0.2) is 0 Å². The Bertz CT molecular complexity index is 451. The zero-order chi connectivity index (χ0) is 12.3. The SMILES string of the molecule is CC1=C(C(=O)Nc2ccc(C)cc2)SCCO1. The third-order valence-corrected chi connectivity index (χ3v) is 3.62. The molecule has 0 unspecified atom stereocenters. The van der Waals surface area contributed by atoms with Gasteiger partial charge in [0.1, 0.15) is 10.7 Å². The summed E-state index contributed by atoms with van der Waals surface area (Å²) in [5.41, 5.74) is 1.99. The highest BCUT2D eigenvalue weighted by atomic mass is 32.2. The maximum Gasteiger partial charge on any atom is 0.265 e. The van der Waals surface area contributed by atoms with E-state index in [2.05, 4.69) is 5.32 Å². The zero-order valence-corrected chi connectivity index (χ0v) is 10.8. The van der Waals surface area contributed by atoms with Gasteiger partial charge in [-0.15, -0.1) is 11.8 Å². The number of allylic oxidation sites excluding steroid dienone is 1. The number of thioether (sulfide) groups is 1. The van der Waals surface area contributed by atoms with E-state index in [4.69, 9.17) is 4.74 Å². The molecule has 17 heavy (non-hydrogen) atoms. The molecule has 1 amide bonds. The van der Waals surface area contributed by atoms with E-state index in [9.17, 15) is 4.79 Å². The standard InChI is InChI=1S/C13H15NO2S/c1-9-3-5-11(6-4-9)14-13(15)12-10(2)16-7-8-17-12/h3-6H,7-8H2,1-2H3,(H,14,15). The van der Waals surface area contributed by atoms with Gasteiger partial charge in [0.25, 0.3) is 5.91 Å². The van der Waals surface area contributed by atoms with Crippen molar-refractivity contribution < 1.29 is 9.53 Å². The van der Waals surface area contributed by atoms with Crippen LogP contribution in [0.4, 0.5) is 5.69 Å². The fourth-order valence-corrected chi connectivity index (χ4v) is 2.37. The highest BCUT2D eigenvalue weighted by Gasteiger charge is 2.18. The van der Waals surface area contributed by atoms with Gasteiger partial charge in [-0.2, -0.15) is 0 Å². The van der Waals surface area contributed by atoms with Crippen molar-refractivity contribution in [3.63, 3.8) is 0 Å². The number of nitrogens with one attached hydrogen (secondary N) is 1. The summed E-state index contributed by atoms with van der Waals surface area (Å²) in [6.45, 7) is 4.52. The minimum Gasteiger partial charge on any atom is -0.496 e. The summed E-state index contributed by atoms with van der Waals surface area (Å²) in [5.74, 6) is 1.45. The first-order valence-electron chi connectivity index (χ1n) is 5.51. The van der Waals surface area contributed by atoms with Gasteiger partial charge in [-0.1, -0.05) is 17.7 Å². The second-order valence-corrected chi connectivity index (χ2v) is 5.01. The van der Waals surface area contributed by atoms with E-state index >= 15 is 0 Å². The minimum atomic E-state index is -0.0870. The Kier molecular flexibility index (Phi) is 3.74. The first kappa shape index (κ1) is 12.0. The van der Waals surface area contributed by atoms with Crippen LogP contribution in [0.25, 0.3) is 0 Å². The van der Waals surface area contributed by atoms with Crippen molar-refractivity contribution >= 4 is 23.4 Å². The Morgan fingerprint density at radius 1 is 1.29 bits per heavy atom. The molecular formula is C13H15NO2S. The van der Waals surface area contributed by atoms with Gasteiger partial charge in [0.15, 0.2) is 0 Å². The molecule has 0 atom stereocenters. The summed E-state index contributed by atoms with van der Waals surface area (Å²) < 4.78 is 5.37. The molecule has 0 spiro atoms. The molecule has 0 bridgehead atoms. The second kappa shape index (κ2) is 5.27. The van der Waals surface area contributed by atoms with Crippen LogP contribution in [0.2, 0.25) is 0 Å². The van der Waals surface area contributed by atoms with Gasteiger partial charge >= 0.3 is 0 Å². The fourth-order valence-electron chi connectivity index (χ4n) is 1.56. The Labute approximate surface area is 105 Å². The van der Waals surface area contributed by atoms with Crippen LogP contribution in [0.5, 0.6) is 0 Å². The molecule has 2 rings (SSSR count). The number of carbonyl (C=O) groups is 1. The number of aryl methyl sites for hydroxylation is 1. The zero-order valence-electron chi connectivity index (χ0n) is 9.95. The number of rotatable bonds is 2. The van der Waals surface area contributed by atoms with Crippen molar-refractivity contribution in [2.45, 2.75) is 13.8 Å². The van der Waals surface area contributed by atoms with E-state index in [1.165, 1.54) is 5.56 Å². The van der Waals surface area contributed by atoms with Crippen molar-refractivity contribution in [1.29, 1.82) is 0 Å². The summed E-state index contributed by atoms with van der Waals surface area (Å²) in [5, 5.41) is 2.87. The lowest BCUT2D eigenvalue weighted by molar-refractivity contribution is -0.112. The van der Waals surface area contributed by atoms with Crippen LogP contribution in [0.15, 0.2) is 34.9 Å². The molecule has 1 aliphatic rings. The number of benzene rings is 1. The molecule has 1 aliphatic heterocycles. The summed E-state index contributed by atoms with van der Waals surface area (Å²) >= 11 is 1.54. The van der Waals surface area contributed by atoms with Gasteiger partial charge in [-0.3, -0.25) is 4.79 Å². The highest BCUT2D eigenvalue weighted by molar-refractivity contribution is 8.04. The molecule has 0 saturated heterocycles. The maximum absolute atomic E-state index is 12.0. The van der Waals surface area contributed by atoms with Crippen LogP contribution in [0, 0.1) is 6.92 Å². The first-order valence-corrected chi connectivity index (χ1v) is 6.50. The number of amides is 1. The Morgan fingerprint density at radius 3 is 2.65 bits per heavy atom. The molecule has 0 aromatic heterocycles. The minimum absolute atomic E-state index is 0.0870. The third-order valence-electron chi connectivity index (χ3n) is 2.48. The molecule has 1 aromatic carbocycles. The number of hydrogen-bond acceptors (Lipinski definition) is 3. The van der Waals surface area contributed by atoms with Crippen molar-refractivity contribution in [3.8, 4) is 0 Å². The monoisotopic (exact) mass is 249 g/mol. The van der Waals surface area contributed by atoms with Crippen LogP contribution in [-0.2, 0) is 9.53 Å². The number of carbonyl (C=O) groups excluding carboxylic acids is 1. The molecule has 1 heterocycles. The summed E-state index contributed by atoms with van der Waals surface area (Å²) in [6, 6.07) is 7.75. The van der Waals surface area contributed by atoms with Gasteiger partial charge in [0, 0.05) is 11.4 Å². The quantitative estimate of drug-likeness (QED) is 0.875. The molecular weight excluding hydrogens is 234 g/mol. The normalized spacial score (nSPS) is 15.4. The Hall–Kier alpha value is -1.42. The van der Waals surface area contributed by atoms with E-state index < -0.39 is 0 Å². The number of hydrogen-bond donors (Lipinski definition) is 1. The largest absolute Gasteiger partial charge is 0.496 e. The molecule has 0 radical (unpaired) electrons. The first-order chi connectivity index (χ1) is 8.16. The fraction of sp³-hybridized carbons (Fsp3) is 0.308. The van der Waals surface area contributed by atoms with Gasteiger partial charge < -0.3 is 10.1 Å². The summed E-state index contributed by atoms with van der Waals surface area (Å²) in [6.07, 6.45) is 0. The van der Waals surface area contributed by atoms with E-state index in [1.54, 1.807) is 11.8 Å². The van der Waals surface area contributed by atoms with Gasteiger partial charge in [0.2, 0.25) is 0 Å². The topological polar surface area (TPSA) is 38.3 Å². The van der Waals surface area contributed by atoms with Gasteiger partial charge in [-0.05, 0) is 26.0 Å². The molecule has 3 nitrogen and oxygen atoms in total. The summed E-state index contributed by atoms with van der Waals surface area (Å²) in [4.78, 5) is 12.7. The van der Waals surface area contributed by atoms with Crippen molar-refractivity contribution in [1.82, 2.24) is 0 Å².